The Morgan fingerprint density at radius 3 is 1.88 bits per heavy atom. The van der Waals surface area contributed by atoms with Crippen molar-refractivity contribution in [1.82, 2.24) is 10.6 Å². The molecule has 0 spiro atoms. The number of carbonyl (C=O) groups excluding carboxylic acids is 3. The predicted octanol–water partition coefficient (Wildman–Crippen LogP) is 1.05. The van der Waals surface area contributed by atoms with E-state index in [0.717, 1.165) is 0 Å². The number of carbonyl (C=O) groups is 3. The van der Waals surface area contributed by atoms with E-state index in [2.05, 4.69) is 24.3 Å². The van der Waals surface area contributed by atoms with Crippen molar-refractivity contribution in [2.24, 2.45) is 5.92 Å². The molecule has 1 heterocycles. The topological polar surface area (TPSA) is 75.3 Å². The number of nitrogens with one attached hydrogen (secondary N) is 2. The summed E-state index contributed by atoms with van der Waals surface area (Å²) >= 11 is 0. The van der Waals surface area contributed by atoms with Gasteiger partial charge in [0.25, 0.3) is 0 Å². The highest BCUT2D eigenvalue weighted by Gasteiger charge is 2.32. The Labute approximate surface area is 98.2 Å². The van der Waals surface area contributed by atoms with E-state index in [0.29, 0.717) is 6.42 Å². The fourth-order valence-electron chi connectivity index (χ4n) is 1.59. The third kappa shape index (κ3) is 2.50. The molecule has 0 aromatic heterocycles. The summed E-state index contributed by atoms with van der Waals surface area (Å²) in [7, 11) is 0. The highest BCUT2D eigenvalue weighted by atomic mass is 16.2. The Morgan fingerprint density at radius 2 is 1.59 bits per heavy atom. The van der Waals surface area contributed by atoms with E-state index < -0.39 is 23.8 Å². The van der Waals surface area contributed by atoms with Crippen LogP contribution in [0.3, 0.4) is 0 Å². The molecule has 2 aliphatic carbocycles. The van der Waals surface area contributed by atoms with Crippen molar-refractivity contribution in [2.45, 2.75) is 13.3 Å². The lowest BCUT2D eigenvalue weighted by atomic mass is 10.0. The van der Waals surface area contributed by atoms with Crippen molar-refractivity contribution in [1.29, 1.82) is 0 Å². The molecule has 0 aromatic carbocycles. The zero-order valence-electron chi connectivity index (χ0n) is 9.32. The van der Waals surface area contributed by atoms with Gasteiger partial charge in [-0.05, 0) is 23.6 Å². The fraction of sp³-hybridized carbons (Fsp3) is 0.250. The summed E-state index contributed by atoms with van der Waals surface area (Å²) in [4.78, 5) is 32.2. The molecule has 0 atom stereocenters. The second-order valence-corrected chi connectivity index (χ2v) is 3.85. The number of hydrogen-bond acceptors (Lipinski definition) is 3. The Hall–Kier alpha value is -2.17. The minimum atomic E-state index is -0.732. The predicted molar refractivity (Wildman–Crippen MR) is 60.9 cm³/mol. The van der Waals surface area contributed by atoms with Crippen molar-refractivity contribution >= 4 is 17.8 Å². The van der Waals surface area contributed by atoms with Crippen LogP contribution in [0.25, 0.3) is 11.1 Å². The molecule has 5 heteroatoms. The van der Waals surface area contributed by atoms with Crippen LogP contribution in [0.1, 0.15) is 13.3 Å². The molecule has 0 radical (unpaired) electrons. The summed E-state index contributed by atoms with van der Waals surface area (Å²) < 4.78 is 0. The summed E-state index contributed by atoms with van der Waals surface area (Å²) in [5.41, 5.74) is 2.85. The first kappa shape index (κ1) is 11.3. The van der Waals surface area contributed by atoms with Crippen molar-refractivity contribution in [3.63, 3.8) is 0 Å². The maximum Gasteiger partial charge on any atom is 0.328 e. The maximum absolute atomic E-state index is 10.9. The minimum absolute atomic E-state index is 0.408. The summed E-state index contributed by atoms with van der Waals surface area (Å²) in [5.74, 6) is -1.74. The second-order valence-electron chi connectivity index (χ2n) is 3.85. The summed E-state index contributed by atoms with van der Waals surface area (Å²) in [6.45, 7) is 1.71. The highest BCUT2D eigenvalue weighted by Crippen LogP contribution is 2.32. The molecular formula is C12H12N2O3. The van der Waals surface area contributed by atoms with Crippen LogP contribution in [-0.4, -0.2) is 17.8 Å². The normalized spacial score (nSPS) is 16.6. The van der Waals surface area contributed by atoms with Crippen molar-refractivity contribution < 1.29 is 14.4 Å². The van der Waals surface area contributed by atoms with E-state index in [1.165, 1.54) is 11.1 Å². The number of amides is 4. The Morgan fingerprint density at radius 1 is 1.06 bits per heavy atom. The number of urea groups is 1. The molecule has 0 unspecified atom stereocenters. The van der Waals surface area contributed by atoms with Crippen LogP contribution in [0, 0.1) is 5.92 Å². The average Bonchev–Trinajstić information content (AvgIpc) is 2.86. The molecular weight excluding hydrogens is 220 g/mol. The van der Waals surface area contributed by atoms with Crippen LogP contribution < -0.4 is 10.6 Å². The van der Waals surface area contributed by atoms with Crippen molar-refractivity contribution in [3.8, 4) is 11.1 Å². The zero-order chi connectivity index (χ0) is 12.4. The molecule has 1 fully saturated rings. The second kappa shape index (κ2) is 4.37. The SMILES string of the molecule is CCC1C(=O)NC(=O)NC1=O.c1cc2cc-2c1. The van der Waals surface area contributed by atoms with E-state index >= 15 is 0 Å². The van der Waals surface area contributed by atoms with Crippen LogP contribution in [0.5, 0.6) is 0 Å². The first-order valence-corrected chi connectivity index (χ1v) is 5.38. The molecule has 4 amide bonds. The smallest absolute Gasteiger partial charge is 0.277 e. The molecule has 2 N–H and O–H groups in total. The first-order chi connectivity index (χ1) is 8.11. The van der Waals surface area contributed by atoms with Gasteiger partial charge in [-0.25, -0.2) is 4.79 Å². The van der Waals surface area contributed by atoms with Crippen molar-refractivity contribution in [3.05, 3.63) is 24.3 Å². The summed E-state index contributed by atoms with van der Waals surface area (Å²) in [5, 5.41) is 4.00. The van der Waals surface area contributed by atoms with E-state index in [-0.39, 0.29) is 0 Å². The van der Waals surface area contributed by atoms with Crippen molar-refractivity contribution in [2.75, 3.05) is 0 Å². The zero-order valence-corrected chi connectivity index (χ0v) is 9.32. The highest BCUT2D eigenvalue weighted by molar-refractivity contribution is 6.16. The molecule has 0 aromatic rings. The number of fused-ring (bicyclic) bond motifs is 1. The van der Waals surface area contributed by atoms with Crippen LogP contribution in [0.2, 0.25) is 0 Å². The number of benzene rings is 1. The third-order valence-electron chi connectivity index (χ3n) is 2.63. The van der Waals surface area contributed by atoms with Gasteiger partial charge in [0.05, 0.1) is 0 Å². The van der Waals surface area contributed by atoms with E-state index in [1.807, 2.05) is 10.6 Å². The molecule has 88 valence electrons. The lowest BCUT2D eigenvalue weighted by molar-refractivity contribution is -0.135. The fourth-order valence-corrected chi connectivity index (χ4v) is 1.59. The van der Waals surface area contributed by atoms with Gasteiger partial charge in [0, 0.05) is 0 Å². The van der Waals surface area contributed by atoms with Crippen LogP contribution in [0.15, 0.2) is 24.3 Å². The molecule has 1 aliphatic heterocycles. The molecule has 3 rings (SSSR count). The number of imide groups is 2. The van der Waals surface area contributed by atoms with Crippen LogP contribution in [0.4, 0.5) is 4.79 Å². The number of rotatable bonds is 1. The van der Waals surface area contributed by atoms with Gasteiger partial charge >= 0.3 is 6.03 Å². The first-order valence-electron chi connectivity index (χ1n) is 5.38. The van der Waals surface area contributed by atoms with Crippen LogP contribution in [-0.2, 0) is 9.59 Å². The van der Waals surface area contributed by atoms with Gasteiger partial charge in [-0.2, -0.15) is 0 Å². The third-order valence-corrected chi connectivity index (χ3v) is 2.63. The summed E-state index contributed by atoms with van der Waals surface area (Å²) in [6, 6.07) is 7.75. The Bertz CT molecular complexity index is 459. The Balaban J connectivity index is 0.000000148. The van der Waals surface area contributed by atoms with Gasteiger partial charge in [-0.15, -0.1) is 0 Å². The lowest BCUT2D eigenvalue weighted by Gasteiger charge is -2.18. The molecule has 1 saturated heterocycles. The van der Waals surface area contributed by atoms with E-state index in [4.69, 9.17) is 0 Å². The van der Waals surface area contributed by atoms with Gasteiger partial charge in [0.1, 0.15) is 5.92 Å². The number of hydrogen-bond donors (Lipinski definition) is 2. The van der Waals surface area contributed by atoms with Gasteiger partial charge in [0.2, 0.25) is 11.8 Å². The monoisotopic (exact) mass is 232 g/mol. The Kier molecular flexibility index (Phi) is 2.91. The molecule has 17 heavy (non-hydrogen) atoms. The van der Waals surface area contributed by atoms with Gasteiger partial charge in [-0.3, -0.25) is 20.2 Å². The lowest BCUT2D eigenvalue weighted by Crippen LogP contribution is -2.55. The molecule has 3 aliphatic rings. The molecule has 5 nitrogen and oxygen atoms in total. The summed E-state index contributed by atoms with van der Waals surface area (Å²) in [6.07, 6.45) is 0.408. The van der Waals surface area contributed by atoms with Gasteiger partial charge in [-0.1, -0.05) is 25.1 Å². The quantitative estimate of drug-likeness (QED) is 0.721. The van der Waals surface area contributed by atoms with Gasteiger partial charge < -0.3 is 0 Å². The standard InChI is InChI=1S/C6H8N2O3.C6H4/c1-2-3-4(9)7-6(11)8-5(3)10;1-2-5-4-6(5)3-1/h3H,2H2,1H3,(H2,7,8,9,10,11);1-4H. The van der Waals surface area contributed by atoms with Gasteiger partial charge in [0.15, 0.2) is 0 Å². The largest absolute Gasteiger partial charge is 0.328 e. The molecule has 0 saturated carbocycles. The van der Waals surface area contributed by atoms with Crippen LogP contribution >= 0.6 is 0 Å². The maximum atomic E-state index is 10.9. The van der Waals surface area contributed by atoms with E-state index in [9.17, 15) is 14.4 Å². The van der Waals surface area contributed by atoms with E-state index in [1.54, 1.807) is 6.92 Å². The number of barbiturate groups is 1. The average molecular weight is 232 g/mol. The minimum Gasteiger partial charge on any atom is -0.277 e. The molecule has 0 bridgehead atoms.